The Kier molecular flexibility index (Phi) is 4.41. The summed E-state index contributed by atoms with van der Waals surface area (Å²) in [4.78, 5) is 6.58. The minimum Gasteiger partial charge on any atom is -0.390 e. The number of rotatable bonds is 5. The van der Waals surface area contributed by atoms with Crippen LogP contribution in [-0.2, 0) is 6.54 Å². The molecule has 2 aromatic rings. The number of aliphatic hydroxyl groups is 1. The quantitative estimate of drug-likeness (QED) is 0.918. The van der Waals surface area contributed by atoms with E-state index >= 15 is 0 Å². The van der Waals surface area contributed by atoms with Gasteiger partial charge in [0.25, 0.3) is 0 Å². The lowest BCUT2D eigenvalue weighted by Gasteiger charge is -2.25. The van der Waals surface area contributed by atoms with Crippen LogP contribution in [0.25, 0.3) is 10.9 Å². The molecule has 118 valence electrons. The van der Waals surface area contributed by atoms with Gasteiger partial charge < -0.3 is 10.0 Å². The lowest BCUT2D eigenvalue weighted by molar-refractivity contribution is 0.0296. The van der Waals surface area contributed by atoms with E-state index in [1.54, 1.807) is 6.07 Å². The summed E-state index contributed by atoms with van der Waals surface area (Å²) in [5.74, 6) is -0.276. The van der Waals surface area contributed by atoms with Gasteiger partial charge in [-0.25, -0.2) is 9.37 Å². The summed E-state index contributed by atoms with van der Waals surface area (Å²) in [5, 5.41) is 11.2. The van der Waals surface area contributed by atoms with Crippen molar-refractivity contribution in [3.8, 4) is 0 Å². The third-order valence-electron chi connectivity index (χ3n) is 4.65. The van der Waals surface area contributed by atoms with Crippen molar-refractivity contribution < 1.29 is 9.50 Å². The summed E-state index contributed by atoms with van der Waals surface area (Å²) in [5.41, 5.74) is 0.818. The fraction of sp³-hybridized carbons (Fsp3) is 0.500. The maximum atomic E-state index is 13.8. The second-order valence-electron chi connectivity index (χ2n) is 6.53. The van der Waals surface area contributed by atoms with E-state index in [1.807, 2.05) is 25.2 Å². The highest BCUT2D eigenvalue weighted by Crippen LogP contribution is 2.32. The van der Waals surface area contributed by atoms with Gasteiger partial charge in [-0.15, -0.1) is 0 Å². The Morgan fingerprint density at radius 2 is 2.00 bits per heavy atom. The summed E-state index contributed by atoms with van der Waals surface area (Å²) in [6, 6.07) is 8.88. The molecule has 0 saturated heterocycles. The first-order valence-electron chi connectivity index (χ1n) is 8.01. The van der Waals surface area contributed by atoms with Crippen molar-refractivity contribution >= 4 is 10.9 Å². The molecule has 1 fully saturated rings. The standard InChI is InChI=1S/C18H23FN2O/c1-21(12-11-18(22)9-2-3-10-18)13-15-8-7-14-5-4-6-16(19)17(14)20-15/h4-8,22H,2-3,9-13H2,1H3. The van der Waals surface area contributed by atoms with Crippen LogP contribution in [0.2, 0.25) is 0 Å². The number of pyridine rings is 1. The van der Waals surface area contributed by atoms with Gasteiger partial charge in [-0.05, 0) is 38.4 Å². The van der Waals surface area contributed by atoms with Crippen molar-refractivity contribution in [1.82, 2.24) is 9.88 Å². The van der Waals surface area contributed by atoms with Crippen molar-refractivity contribution in [2.24, 2.45) is 0 Å². The fourth-order valence-electron chi connectivity index (χ4n) is 3.28. The Morgan fingerprint density at radius 3 is 2.77 bits per heavy atom. The minimum absolute atomic E-state index is 0.276. The highest BCUT2D eigenvalue weighted by atomic mass is 19.1. The molecule has 1 heterocycles. The van der Waals surface area contributed by atoms with Gasteiger partial charge in [-0.1, -0.05) is 31.0 Å². The van der Waals surface area contributed by atoms with Gasteiger partial charge in [0.05, 0.1) is 11.3 Å². The monoisotopic (exact) mass is 302 g/mol. The van der Waals surface area contributed by atoms with E-state index in [0.29, 0.717) is 12.1 Å². The van der Waals surface area contributed by atoms with Gasteiger partial charge in [0.15, 0.2) is 0 Å². The minimum atomic E-state index is -0.475. The van der Waals surface area contributed by atoms with Crippen molar-refractivity contribution in [2.45, 2.75) is 44.2 Å². The summed E-state index contributed by atoms with van der Waals surface area (Å²) in [7, 11) is 2.02. The average molecular weight is 302 g/mol. The number of hydrogen-bond donors (Lipinski definition) is 1. The molecule has 1 N–H and O–H groups in total. The van der Waals surface area contributed by atoms with Crippen LogP contribution >= 0.6 is 0 Å². The van der Waals surface area contributed by atoms with Crippen LogP contribution in [0, 0.1) is 5.82 Å². The largest absolute Gasteiger partial charge is 0.390 e. The summed E-state index contributed by atoms with van der Waals surface area (Å²) >= 11 is 0. The second kappa shape index (κ2) is 6.31. The topological polar surface area (TPSA) is 36.4 Å². The fourth-order valence-corrected chi connectivity index (χ4v) is 3.28. The number of para-hydroxylation sites is 1. The molecule has 1 aliphatic rings. The molecule has 3 rings (SSSR count). The molecule has 3 nitrogen and oxygen atoms in total. The van der Waals surface area contributed by atoms with Gasteiger partial charge in [0, 0.05) is 18.5 Å². The molecule has 1 saturated carbocycles. The molecule has 1 aromatic carbocycles. The molecule has 0 bridgehead atoms. The number of hydrogen-bond acceptors (Lipinski definition) is 3. The Morgan fingerprint density at radius 1 is 1.23 bits per heavy atom. The van der Waals surface area contributed by atoms with Crippen molar-refractivity contribution in [3.63, 3.8) is 0 Å². The van der Waals surface area contributed by atoms with Gasteiger partial charge in [-0.2, -0.15) is 0 Å². The molecule has 0 spiro atoms. The Labute approximate surface area is 130 Å². The van der Waals surface area contributed by atoms with Gasteiger partial charge >= 0.3 is 0 Å². The van der Waals surface area contributed by atoms with E-state index in [2.05, 4.69) is 9.88 Å². The molecule has 0 aliphatic heterocycles. The van der Waals surface area contributed by atoms with E-state index in [1.165, 1.54) is 6.07 Å². The van der Waals surface area contributed by atoms with E-state index in [4.69, 9.17) is 0 Å². The Hall–Kier alpha value is -1.52. The molecule has 22 heavy (non-hydrogen) atoms. The SMILES string of the molecule is CN(CCC1(O)CCCC1)Cc1ccc2cccc(F)c2n1. The maximum absolute atomic E-state index is 13.8. The third-order valence-corrected chi connectivity index (χ3v) is 4.65. The number of fused-ring (bicyclic) bond motifs is 1. The molecule has 4 heteroatoms. The normalized spacial score (nSPS) is 17.5. The lowest BCUT2D eigenvalue weighted by Crippen LogP contribution is -2.31. The van der Waals surface area contributed by atoms with Gasteiger partial charge in [0.2, 0.25) is 0 Å². The molecular weight excluding hydrogens is 279 g/mol. The molecule has 1 aliphatic carbocycles. The van der Waals surface area contributed by atoms with Crippen LogP contribution in [0.1, 0.15) is 37.8 Å². The summed E-state index contributed by atoms with van der Waals surface area (Å²) in [6.45, 7) is 1.49. The first-order valence-corrected chi connectivity index (χ1v) is 8.01. The smallest absolute Gasteiger partial charge is 0.149 e. The number of nitrogens with zero attached hydrogens (tertiary/aromatic N) is 2. The van der Waals surface area contributed by atoms with Crippen molar-refractivity contribution in [2.75, 3.05) is 13.6 Å². The van der Waals surface area contributed by atoms with Crippen molar-refractivity contribution in [1.29, 1.82) is 0 Å². The first kappa shape index (κ1) is 15.4. The van der Waals surface area contributed by atoms with E-state index in [9.17, 15) is 9.50 Å². The molecule has 1 aromatic heterocycles. The average Bonchev–Trinajstić information content (AvgIpc) is 2.94. The molecule has 0 amide bonds. The molecular formula is C18H23FN2O. The van der Waals surface area contributed by atoms with E-state index in [0.717, 1.165) is 49.7 Å². The summed E-state index contributed by atoms with van der Waals surface area (Å²) in [6.07, 6.45) is 4.89. The molecule has 0 atom stereocenters. The van der Waals surface area contributed by atoms with Gasteiger partial charge in [0.1, 0.15) is 11.3 Å². The van der Waals surface area contributed by atoms with Gasteiger partial charge in [-0.3, -0.25) is 0 Å². The predicted molar refractivity (Wildman–Crippen MR) is 86.1 cm³/mol. The number of halogens is 1. The van der Waals surface area contributed by atoms with E-state index in [-0.39, 0.29) is 5.82 Å². The van der Waals surface area contributed by atoms with Crippen molar-refractivity contribution in [3.05, 3.63) is 41.8 Å². The zero-order chi connectivity index (χ0) is 15.6. The Bertz CT molecular complexity index is 653. The Balaban J connectivity index is 1.63. The third kappa shape index (κ3) is 3.45. The van der Waals surface area contributed by atoms with Crippen LogP contribution in [0.3, 0.4) is 0 Å². The molecule has 0 radical (unpaired) electrons. The summed E-state index contributed by atoms with van der Waals surface area (Å²) < 4.78 is 13.8. The highest BCUT2D eigenvalue weighted by Gasteiger charge is 2.30. The molecule has 0 unspecified atom stereocenters. The van der Waals surface area contributed by atoms with Crippen LogP contribution < -0.4 is 0 Å². The first-order chi connectivity index (χ1) is 10.6. The number of aromatic nitrogens is 1. The van der Waals surface area contributed by atoms with Crippen LogP contribution in [0.4, 0.5) is 4.39 Å². The number of benzene rings is 1. The maximum Gasteiger partial charge on any atom is 0.149 e. The zero-order valence-corrected chi connectivity index (χ0v) is 13.1. The predicted octanol–water partition coefficient (Wildman–Crippen LogP) is 3.50. The lowest BCUT2D eigenvalue weighted by atomic mass is 9.98. The van der Waals surface area contributed by atoms with E-state index < -0.39 is 5.60 Å². The highest BCUT2D eigenvalue weighted by molar-refractivity contribution is 5.79. The zero-order valence-electron chi connectivity index (χ0n) is 13.1. The van der Waals surface area contributed by atoms with Crippen LogP contribution in [-0.4, -0.2) is 34.2 Å². The van der Waals surface area contributed by atoms with Crippen LogP contribution in [0.5, 0.6) is 0 Å². The van der Waals surface area contributed by atoms with Crippen LogP contribution in [0.15, 0.2) is 30.3 Å². The second-order valence-corrected chi connectivity index (χ2v) is 6.53.